The van der Waals surface area contributed by atoms with Crippen molar-refractivity contribution >= 4 is 0 Å². The van der Waals surface area contributed by atoms with Crippen LogP contribution in [-0.4, -0.2) is 47.8 Å². The highest BCUT2D eigenvalue weighted by atomic mass is 16.3. The summed E-state index contributed by atoms with van der Waals surface area (Å²) in [5.74, 6) is 0.685. The highest BCUT2D eigenvalue weighted by molar-refractivity contribution is 4.90. The van der Waals surface area contributed by atoms with Gasteiger partial charge < -0.3 is 15.3 Å². The highest BCUT2D eigenvalue weighted by Crippen LogP contribution is 2.24. The number of likely N-dealkylation sites (tertiary alicyclic amines) is 1. The molecule has 3 heteroatoms. The van der Waals surface area contributed by atoms with E-state index in [1.54, 1.807) is 0 Å². The lowest BCUT2D eigenvalue weighted by atomic mass is 9.86. The Balaban J connectivity index is 1.89. The fourth-order valence-electron chi connectivity index (χ4n) is 3.35. The summed E-state index contributed by atoms with van der Waals surface area (Å²) in [6, 6.07) is 1.58. The van der Waals surface area contributed by atoms with Gasteiger partial charge in [0.05, 0.1) is 6.10 Å². The quantitative estimate of drug-likeness (QED) is 0.770. The molecule has 1 aliphatic carbocycles. The van der Waals surface area contributed by atoms with E-state index in [9.17, 15) is 5.11 Å². The number of aliphatic hydroxyl groups excluding tert-OH is 1. The van der Waals surface area contributed by atoms with E-state index >= 15 is 0 Å². The normalized spacial score (nSPS) is 44.8. The second-order valence-electron chi connectivity index (χ2n) is 6.23. The summed E-state index contributed by atoms with van der Waals surface area (Å²) in [5.41, 5.74) is 0. The first-order valence-electron chi connectivity index (χ1n) is 7.22. The number of nitrogens with one attached hydrogen (secondary N) is 1. The fourth-order valence-corrected chi connectivity index (χ4v) is 3.35. The van der Waals surface area contributed by atoms with Crippen molar-refractivity contribution in [3.05, 3.63) is 0 Å². The molecule has 0 aromatic rings. The van der Waals surface area contributed by atoms with Gasteiger partial charge in [0.2, 0.25) is 0 Å². The van der Waals surface area contributed by atoms with Crippen LogP contribution in [0, 0.1) is 5.92 Å². The van der Waals surface area contributed by atoms with Gasteiger partial charge in [0.15, 0.2) is 0 Å². The molecule has 1 aliphatic heterocycles. The first kappa shape index (κ1) is 13.3. The maximum atomic E-state index is 10.0. The molecular weight excluding hydrogens is 212 g/mol. The van der Waals surface area contributed by atoms with Crippen molar-refractivity contribution in [2.45, 2.75) is 70.2 Å². The average Bonchev–Trinajstić information content (AvgIpc) is 2.29. The van der Waals surface area contributed by atoms with E-state index in [0.717, 1.165) is 12.8 Å². The first-order valence-corrected chi connectivity index (χ1v) is 7.22. The Labute approximate surface area is 106 Å². The smallest absolute Gasteiger partial charge is 0.0693 e. The van der Waals surface area contributed by atoms with E-state index in [1.807, 2.05) is 0 Å². The Morgan fingerprint density at radius 2 is 1.82 bits per heavy atom. The minimum absolute atomic E-state index is 0.120. The van der Waals surface area contributed by atoms with Crippen LogP contribution in [0.4, 0.5) is 0 Å². The number of piperidine rings is 1. The number of aliphatic hydroxyl groups is 1. The summed E-state index contributed by atoms with van der Waals surface area (Å²) in [6.45, 7) is 5.80. The van der Waals surface area contributed by atoms with Gasteiger partial charge in [0.1, 0.15) is 0 Å². The van der Waals surface area contributed by atoms with Gasteiger partial charge in [-0.15, -0.1) is 0 Å². The molecule has 0 amide bonds. The zero-order valence-electron chi connectivity index (χ0n) is 11.5. The maximum absolute atomic E-state index is 10.0. The predicted octanol–water partition coefficient (Wildman–Crippen LogP) is 1.61. The Kier molecular flexibility index (Phi) is 4.45. The zero-order chi connectivity index (χ0) is 12.4. The zero-order valence-corrected chi connectivity index (χ0v) is 11.5. The lowest BCUT2D eigenvalue weighted by Crippen LogP contribution is -2.56. The molecule has 1 heterocycles. The minimum atomic E-state index is -0.120. The second kappa shape index (κ2) is 5.68. The number of hydrogen-bond donors (Lipinski definition) is 2. The van der Waals surface area contributed by atoms with Crippen molar-refractivity contribution in [2.75, 3.05) is 13.6 Å². The van der Waals surface area contributed by atoms with Crippen LogP contribution in [0.5, 0.6) is 0 Å². The van der Waals surface area contributed by atoms with Gasteiger partial charge >= 0.3 is 0 Å². The summed E-state index contributed by atoms with van der Waals surface area (Å²) in [4.78, 5) is 2.44. The molecule has 3 nitrogen and oxygen atoms in total. The Hall–Kier alpha value is -0.120. The molecule has 0 aromatic heterocycles. The lowest BCUT2D eigenvalue weighted by Gasteiger charge is -2.43. The lowest BCUT2D eigenvalue weighted by molar-refractivity contribution is 0.0582. The van der Waals surface area contributed by atoms with Crippen LogP contribution in [0.3, 0.4) is 0 Å². The van der Waals surface area contributed by atoms with Crippen LogP contribution in [0.15, 0.2) is 0 Å². The number of nitrogens with zero attached hydrogens (tertiary/aromatic N) is 1. The Morgan fingerprint density at radius 3 is 2.53 bits per heavy atom. The van der Waals surface area contributed by atoms with Gasteiger partial charge in [-0.1, -0.05) is 19.8 Å². The highest BCUT2D eigenvalue weighted by Gasteiger charge is 2.32. The van der Waals surface area contributed by atoms with Gasteiger partial charge in [-0.25, -0.2) is 0 Å². The van der Waals surface area contributed by atoms with Crippen LogP contribution in [-0.2, 0) is 0 Å². The number of rotatable bonds is 2. The van der Waals surface area contributed by atoms with Gasteiger partial charge in [-0.3, -0.25) is 0 Å². The fraction of sp³-hybridized carbons (Fsp3) is 1.00. The van der Waals surface area contributed by atoms with Gasteiger partial charge in [0.25, 0.3) is 0 Å². The van der Waals surface area contributed by atoms with E-state index < -0.39 is 0 Å². The van der Waals surface area contributed by atoms with E-state index in [0.29, 0.717) is 24.0 Å². The molecule has 2 rings (SSSR count). The summed E-state index contributed by atoms with van der Waals surface area (Å²) in [6.07, 6.45) is 5.68. The van der Waals surface area contributed by atoms with Gasteiger partial charge in [0, 0.05) is 24.7 Å². The van der Waals surface area contributed by atoms with Crippen LogP contribution in [0.1, 0.15) is 46.0 Å². The molecule has 2 aliphatic rings. The molecule has 1 saturated heterocycles. The molecule has 0 bridgehead atoms. The summed E-state index contributed by atoms with van der Waals surface area (Å²) < 4.78 is 0. The van der Waals surface area contributed by atoms with E-state index in [-0.39, 0.29) is 6.10 Å². The third-order valence-corrected chi connectivity index (χ3v) is 4.77. The third-order valence-electron chi connectivity index (χ3n) is 4.77. The SMILES string of the molecule is CC1CN(C)C(C)CC1NC1CCCCC1O. The molecule has 0 spiro atoms. The second-order valence-corrected chi connectivity index (χ2v) is 6.23. The van der Waals surface area contributed by atoms with E-state index in [1.165, 1.54) is 25.8 Å². The summed E-state index contributed by atoms with van der Waals surface area (Å²) in [7, 11) is 2.22. The Bertz CT molecular complexity index is 246. The van der Waals surface area contributed by atoms with Crippen molar-refractivity contribution in [3.63, 3.8) is 0 Å². The molecule has 0 radical (unpaired) electrons. The standard InChI is InChI=1S/C14H28N2O/c1-10-9-16(3)11(2)8-13(10)15-12-6-4-5-7-14(12)17/h10-15,17H,4-9H2,1-3H3. The average molecular weight is 240 g/mol. The monoisotopic (exact) mass is 240 g/mol. The maximum Gasteiger partial charge on any atom is 0.0693 e. The topological polar surface area (TPSA) is 35.5 Å². The largest absolute Gasteiger partial charge is 0.392 e. The molecule has 2 N–H and O–H groups in total. The molecule has 0 aromatic carbocycles. The van der Waals surface area contributed by atoms with Gasteiger partial charge in [-0.2, -0.15) is 0 Å². The number of hydrogen-bond acceptors (Lipinski definition) is 3. The summed E-state index contributed by atoms with van der Waals surface area (Å²) >= 11 is 0. The first-order chi connectivity index (χ1) is 8.08. The van der Waals surface area contributed by atoms with Crippen LogP contribution < -0.4 is 5.32 Å². The molecule has 1 saturated carbocycles. The van der Waals surface area contributed by atoms with Crippen LogP contribution in [0.2, 0.25) is 0 Å². The molecule has 5 atom stereocenters. The van der Waals surface area contributed by atoms with Crippen LogP contribution in [0.25, 0.3) is 0 Å². The van der Waals surface area contributed by atoms with Crippen molar-refractivity contribution in [3.8, 4) is 0 Å². The van der Waals surface area contributed by atoms with Crippen molar-refractivity contribution in [1.29, 1.82) is 0 Å². The molecule has 17 heavy (non-hydrogen) atoms. The van der Waals surface area contributed by atoms with Gasteiger partial charge in [-0.05, 0) is 39.2 Å². The van der Waals surface area contributed by atoms with Crippen molar-refractivity contribution in [2.24, 2.45) is 5.92 Å². The van der Waals surface area contributed by atoms with E-state index in [2.05, 4.69) is 31.1 Å². The van der Waals surface area contributed by atoms with Crippen molar-refractivity contribution in [1.82, 2.24) is 10.2 Å². The van der Waals surface area contributed by atoms with E-state index in [4.69, 9.17) is 0 Å². The minimum Gasteiger partial charge on any atom is -0.392 e. The molecule has 2 fully saturated rings. The molecule has 5 unspecified atom stereocenters. The predicted molar refractivity (Wildman–Crippen MR) is 71.1 cm³/mol. The molecular formula is C14H28N2O. The molecule has 100 valence electrons. The van der Waals surface area contributed by atoms with Crippen molar-refractivity contribution < 1.29 is 5.11 Å². The Morgan fingerprint density at radius 1 is 1.12 bits per heavy atom. The van der Waals surface area contributed by atoms with Crippen LogP contribution >= 0.6 is 0 Å². The summed E-state index contributed by atoms with van der Waals surface area (Å²) in [5, 5.41) is 13.8. The third kappa shape index (κ3) is 3.21.